The van der Waals surface area contributed by atoms with Crippen molar-refractivity contribution in [3.8, 4) is 11.5 Å². The van der Waals surface area contributed by atoms with Gasteiger partial charge in [-0.25, -0.2) is 9.79 Å². The third-order valence-electron chi connectivity index (χ3n) is 7.56. The van der Waals surface area contributed by atoms with Gasteiger partial charge in [0.2, 0.25) is 6.79 Å². The second-order valence-corrected chi connectivity index (χ2v) is 11.6. The summed E-state index contributed by atoms with van der Waals surface area (Å²) < 4.78 is 46.4. The Morgan fingerprint density at radius 3 is 2.73 bits per heavy atom. The number of benzene rings is 3. The highest BCUT2D eigenvalue weighted by Crippen LogP contribution is 2.44. The van der Waals surface area contributed by atoms with Gasteiger partial charge in [-0.05, 0) is 54.8 Å². The van der Waals surface area contributed by atoms with Crippen LogP contribution in [-0.2, 0) is 16.5 Å². The number of amides is 2. The molecule has 6 rings (SSSR count). The highest BCUT2D eigenvalue weighted by molar-refractivity contribution is 7.85. The molecule has 0 spiro atoms. The van der Waals surface area contributed by atoms with Crippen molar-refractivity contribution in [3.63, 3.8) is 0 Å². The van der Waals surface area contributed by atoms with Crippen LogP contribution in [0.25, 0.3) is 0 Å². The Labute approximate surface area is 238 Å². The lowest BCUT2D eigenvalue weighted by molar-refractivity contribution is 0.174. The molecule has 0 aliphatic carbocycles. The van der Waals surface area contributed by atoms with Crippen LogP contribution in [0.3, 0.4) is 0 Å². The molecule has 0 aromatic heterocycles. The minimum absolute atomic E-state index is 0.113. The fourth-order valence-electron chi connectivity index (χ4n) is 5.50. The molecule has 0 saturated carbocycles. The predicted molar refractivity (Wildman–Crippen MR) is 155 cm³/mol. The van der Waals surface area contributed by atoms with Crippen LogP contribution in [0.5, 0.6) is 11.5 Å². The van der Waals surface area contributed by atoms with Crippen LogP contribution in [0.15, 0.2) is 81.8 Å². The third kappa shape index (κ3) is 5.25. The number of carbonyl (C=O) groups excluding carboxylic acids is 1. The summed E-state index contributed by atoms with van der Waals surface area (Å²) >= 11 is 0. The fraction of sp³-hybridized carbons (Fsp3) is 0.267. The maximum Gasteiger partial charge on any atom is 0.322 e. The molecular weight excluding hydrogens is 544 g/mol. The van der Waals surface area contributed by atoms with Gasteiger partial charge >= 0.3 is 6.03 Å². The third-order valence-corrected chi connectivity index (χ3v) is 8.49. The molecule has 1 unspecified atom stereocenters. The summed E-state index contributed by atoms with van der Waals surface area (Å²) in [6.07, 6.45) is 3.02. The van der Waals surface area contributed by atoms with Gasteiger partial charge in [0, 0.05) is 48.2 Å². The van der Waals surface area contributed by atoms with Crippen LogP contribution >= 0.6 is 0 Å². The van der Waals surface area contributed by atoms with Gasteiger partial charge in [-0.15, -0.1) is 0 Å². The molecule has 41 heavy (non-hydrogen) atoms. The number of aryl methyl sites for hydroxylation is 2. The van der Waals surface area contributed by atoms with E-state index in [2.05, 4.69) is 12.2 Å². The van der Waals surface area contributed by atoms with Gasteiger partial charge in [0.25, 0.3) is 10.1 Å². The van der Waals surface area contributed by atoms with Gasteiger partial charge in [-0.2, -0.15) is 8.42 Å². The molecule has 10 nitrogen and oxygen atoms in total. The van der Waals surface area contributed by atoms with Gasteiger partial charge in [0.1, 0.15) is 0 Å². The average Bonchev–Trinajstić information content (AvgIpc) is 3.43. The quantitative estimate of drug-likeness (QED) is 0.396. The van der Waals surface area contributed by atoms with Crippen molar-refractivity contribution in [1.82, 2.24) is 4.90 Å². The number of nitrogens with zero attached hydrogens (tertiary/aromatic N) is 3. The highest BCUT2D eigenvalue weighted by Gasteiger charge is 2.37. The summed E-state index contributed by atoms with van der Waals surface area (Å²) in [5, 5.41) is 3.00. The van der Waals surface area contributed by atoms with Crippen LogP contribution in [0.1, 0.15) is 36.1 Å². The van der Waals surface area contributed by atoms with E-state index in [4.69, 9.17) is 14.5 Å². The summed E-state index contributed by atoms with van der Waals surface area (Å²) in [6, 6.07) is 17.1. The average molecular weight is 575 g/mol. The minimum atomic E-state index is -4.56. The molecule has 3 aromatic rings. The summed E-state index contributed by atoms with van der Waals surface area (Å²) in [5.41, 5.74) is 5.28. The van der Waals surface area contributed by atoms with Crippen molar-refractivity contribution in [1.29, 1.82) is 0 Å². The van der Waals surface area contributed by atoms with E-state index in [1.54, 1.807) is 29.4 Å². The second-order valence-electron chi connectivity index (χ2n) is 10.2. The Kier molecular flexibility index (Phi) is 6.92. The topological polar surface area (TPSA) is 121 Å². The number of aliphatic imine (C=N–C) groups is 1. The summed E-state index contributed by atoms with van der Waals surface area (Å²) in [4.78, 5) is 21.5. The Bertz CT molecular complexity index is 1700. The smallest absolute Gasteiger partial charge is 0.322 e. The standard InChI is InChI=1S/C30H30N4O6S/c1-3-20-5-4-6-21(14-20)32-30(35)33-12-11-25-24(16-33)29(23-13-19(2)7-10-28(23)41(36,37)38)34(17-31-25)22-8-9-26-27(15-22)40-18-39-26/h4-10,13-15,17,29H,3,11-12,16,18H2,1-2H3,(H,32,35)(H,36,37,38). The molecule has 11 heteroatoms. The summed E-state index contributed by atoms with van der Waals surface area (Å²) in [5.74, 6) is 1.17. The zero-order chi connectivity index (χ0) is 28.7. The number of hydrogen-bond donors (Lipinski definition) is 2. The van der Waals surface area contributed by atoms with Gasteiger partial charge in [0.05, 0.1) is 17.3 Å². The number of carbonyl (C=O) groups is 1. The predicted octanol–water partition coefficient (Wildman–Crippen LogP) is 5.31. The van der Waals surface area contributed by atoms with E-state index >= 15 is 0 Å². The number of hydrogen-bond acceptors (Lipinski definition) is 7. The van der Waals surface area contributed by atoms with Crippen LogP contribution in [0.4, 0.5) is 16.2 Å². The monoisotopic (exact) mass is 574 g/mol. The Morgan fingerprint density at radius 1 is 1.10 bits per heavy atom. The van der Waals surface area contributed by atoms with Crippen molar-refractivity contribution in [2.75, 3.05) is 30.1 Å². The lowest BCUT2D eigenvalue weighted by atomic mass is 9.90. The lowest BCUT2D eigenvalue weighted by Gasteiger charge is -2.41. The Balaban J connectivity index is 1.41. The van der Waals surface area contributed by atoms with E-state index in [1.165, 1.54) is 6.07 Å². The molecule has 3 aromatic carbocycles. The zero-order valence-electron chi connectivity index (χ0n) is 22.7. The zero-order valence-corrected chi connectivity index (χ0v) is 23.5. The molecule has 3 heterocycles. The van der Waals surface area contributed by atoms with Crippen LogP contribution in [0.2, 0.25) is 0 Å². The van der Waals surface area contributed by atoms with E-state index in [1.807, 2.05) is 48.2 Å². The number of fused-ring (bicyclic) bond motifs is 1. The molecule has 3 aliphatic rings. The van der Waals surface area contributed by atoms with Crippen molar-refractivity contribution in [2.45, 2.75) is 37.6 Å². The first-order valence-corrected chi connectivity index (χ1v) is 14.8. The molecule has 2 amide bonds. The molecule has 3 aliphatic heterocycles. The van der Waals surface area contributed by atoms with E-state index < -0.39 is 16.2 Å². The molecule has 0 radical (unpaired) electrons. The fourth-order valence-corrected chi connectivity index (χ4v) is 6.20. The van der Waals surface area contributed by atoms with E-state index in [0.29, 0.717) is 41.4 Å². The first kappa shape index (κ1) is 26.9. The van der Waals surface area contributed by atoms with E-state index in [-0.39, 0.29) is 24.3 Å². The molecule has 2 N–H and O–H groups in total. The van der Waals surface area contributed by atoms with Gasteiger partial charge < -0.3 is 24.6 Å². The second kappa shape index (κ2) is 10.6. The molecule has 0 fully saturated rings. The van der Waals surface area contributed by atoms with Crippen LogP contribution < -0.4 is 19.7 Å². The summed E-state index contributed by atoms with van der Waals surface area (Å²) in [7, 11) is -4.56. The number of anilines is 2. The molecule has 212 valence electrons. The lowest BCUT2D eigenvalue weighted by Crippen LogP contribution is -2.44. The molecule has 0 bridgehead atoms. The molecular formula is C30H30N4O6S. The minimum Gasteiger partial charge on any atom is -0.454 e. The normalized spacial score (nSPS) is 18.0. The largest absolute Gasteiger partial charge is 0.454 e. The first-order chi connectivity index (χ1) is 19.7. The van der Waals surface area contributed by atoms with Gasteiger partial charge in [-0.1, -0.05) is 36.8 Å². The van der Waals surface area contributed by atoms with E-state index in [0.717, 1.165) is 28.8 Å². The number of nitrogens with one attached hydrogen (secondary N) is 1. The molecule has 0 saturated heterocycles. The van der Waals surface area contributed by atoms with Crippen molar-refractivity contribution < 1.29 is 27.2 Å². The van der Waals surface area contributed by atoms with Crippen molar-refractivity contribution in [2.24, 2.45) is 4.99 Å². The van der Waals surface area contributed by atoms with E-state index in [9.17, 15) is 17.8 Å². The highest BCUT2D eigenvalue weighted by atomic mass is 32.2. The Hall–Kier alpha value is -4.35. The number of ether oxygens (including phenoxy) is 2. The SMILES string of the molecule is CCc1cccc(NC(=O)N2CCC3=C(C2)C(c2cc(C)ccc2S(=O)(=O)O)N(c2ccc4c(c2)OCO4)C=N3)c1. The number of urea groups is 1. The van der Waals surface area contributed by atoms with Crippen molar-refractivity contribution in [3.05, 3.63) is 88.6 Å². The maximum atomic E-state index is 13.4. The summed E-state index contributed by atoms with van der Waals surface area (Å²) in [6.45, 7) is 4.70. The van der Waals surface area contributed by atoms with Crippen LogP contribution in [0, 0.1) is 6.92 Å². The Morgan fingerprint density at radius 2 is 1.93 bits per heavy atom. The first-order valence-electron chi connectivity index (χ1n) is 13.4. The molecule has 1 atom stereocenters. The number of rotatable bonds is 5. The van der Waals surface area contributed by atoms with Crippen molar-refractivity contribution >= 4 is 33.9 Å². The van der Waals surface area contributed by atoms with Gasteiger partial charge in [0.15, 0.2) is 11.5 Å². The van der Waals surface area contributed by atoms with Gasteiger partial charge in [-0.3, -0.25) is 4.55 Å². The van der Waals surface area contributed by atoms with Crippen LogP contribution in [-0.4, -0.2) is 50.1 Å². The maximum absolute atomic E-state index is 13.4.